The predicted molar refractivity (Wildman–Crippen MR) is 63.9 cm³/mol. The Morgan fingerprint density at radius 2 is 2.16 bits per heavy atom. The third kappa shape index (κ3) is 1.63. The van der Waals surface area contributed by atoms with Crippen molar-refractivity contribution in [1.29, 1.82) is 0 Å². The zero-order valence-electron chi connectivity index (χ0n) is 10.2. The summed E-state index contributed by atoms with van der Waals surface area (Å²) in [7, 11) is 1.69. The molecule has 0 aromatic carbocycles. The maximum Gasteiger partial charge on any atom is 0.181 e. The number of nitrogen functional groups attached to an aromatic ring is 1. The molecule has 1 aliphatic heterocycles. The van der Waals surface area contributed by atoms with E-state index in [-0.39, 0.29) is 6.61 Å². The summed E-state index contributed by atoms with van der Waals surface area (Å²) in [5, 5.41) is 37.6. The Labute approximate surface area is 107 Å². The summed E-state index contributed by atoms with van der Waals surface area (Å²) >= 11 is 0. The van der Waals surface area contributed by atoms with Crippen LogP contribution in [-0.2, 0) is 11.8 Å². The molecule has 0 radical (unpaired) electrons. The molecule has 5 N–H and O–H groups in total. The van der Waals surface area contributed by atoms with Crippen LogP contribution >= 0.6 is 0 Å². The molecular formula is C10H15N5O4. The van der Waals surface area contributed by atoms with Crippen molar-refractivity contribution >= 4 is 16.9 Å². The Balaban J connectivity index is 2.05. The quantitative estimate of drug-likeness (QED) is 0.494. The van der Waals surface area contributed by atoms with Crippen LogP contribution in [0.3, 0.4) is 0 Å². The Kier molecular flexibility index (Phi) is 2.71. The van der Waals surface area contributed by atoms with E-state index in [9.17, 15) is 10.2 Å². The predicted octanol–water partition coefficient (Wildman–Crippen LogP) is -2.04. The normalized spacial score (nSPS) is 31.4. The Morgan fingerprint density at radius 3 is 2.79 bits per heavy atom. The summed E-state index contributed by atoms with van der Waals surface area (Å²) in [6, 6.07) is 0. The van der Waals surface area contributed by atoms with Gasteiger partial charge < -0.3 is 25.8 Å². The number of nitrogens with zero attached hydrogens (tertiary/aromatic N) is 4. The molecule has 0 spiro atoms. The van der Waals surface area contributed by atoms with E-state index in [1.165, 1.54) is 15.6 Å². The standard InChI is InChI=1S/C10H15N5O4/c1-14-9-4(8(11)13-14)2-12-15(9)10-7(18)6(17)5(3-16)19-10/h2,5-7,10,16-18H,3H2,1H3,(H2,11,13)/t5-,6-,7-,10-/m1/s1. The van der Waals surface area contributed by atoms with E-state index in [4.69, 9.17) is 15.6 Å². The van der Waals surface area contributed by atoms with E-state index in [1.807, 2.05) is 0 Å². The Morgan fingerprint density at radius 1 is 1.42 bits per heavy atom. The summed E-state index contributed by atoms with van der Waals surface area (Å²) in [6.45, 7) is -0.382. The number of aliphatic hydroxyl groups excluding tert-OH is 3. The van der Waals surface area contributed by atoms with E-state index in [0.717, 1.165) is 0 Å². The average Bonchev–Trinajstić information content (AvgIpc) is 3.00. The fraction of sp³-hybridized carbons (Fsp3) is 0.600. The van der Waals surface area contributed by atoms with Crippen molar-refractivity contribution in [1.82, 2.24) is 19.6 Å². The van der Waals surface area contributed by atoms with Gasteiger partial charge in [0.15, 0.2) is 17.7 Å². The van der Waals surface area contributed by atoms with Gasteiger partial charge in [0.1, 0.15) is 18.3 Å². The number of ether oxygens (including phenoxy) is 1. The lowest BCUT2D eigenvalue weighted by atomic mass is 10.1. The van der Waals surface area contributed by atoms with Crippen LogP contribution < -0.4 is 5.73 Å². The molecule has 0 bridgehead atoms. The van der Waals surface area contributed by atoms with E-state index >= 15 is 0 Å². The molecular weight excluding hydrogens is 254 g/mol. The zero-order chi connectivity index (χ0) is 13.7. The molecule has 1 fully saturated rings. The number of aliphatic hydroxyl groups is 3. The number of hydrogen-bond acceptors (Lipinski definition) is 7. The summed E-state index contributed by atoms with van der Waals surface area (Å²) in [5.41, 5.74) is 6.30. The van der Waals surface area contributed by atoms with Crippen molar-refractivity contribution in [3.8, 4) is 0 Å². The van der Waals surface area contributed by atoms with Crippen LogP contribution in [-0.4, -0.2) is 59.8 Å². The van der Waals surface area contributed by atoms with E-state index in [0.29, 0.717) is 16.9 Å². The minimum Gasteiger partial charge on any atom is -0.394 e. The summed E-state index contributed by atoms with van der Waals surface area (Å²) in [4.78, 5) is 0. The monoisotopic (exact) mass is 269 g/mol. The summed E-state index contributed by atoms with van der Waals surface area (Å²) < 4.78 is 8.35. The SMILES string of the molecule is Cn1nc(N)c2cnn([C@@H]3O[C@H](CO)[C@@H](O)[C@H]3O)c21. The second-order valence-electron chi connectivity index (χ2n) is 4.56. The first-order chi connectivity index (χ1) is 9.04. The minimum atomic E-state index is -1.18. The fourth-order valence-corrected chi connectivity index (χ4v) is 2.39. The van der Waals surface area contributed by atoms with Gasteiger partial charge in [-0.15, -0.1) is 0 Å². The number of aromatic nitrogens is 4. The summed E-state index contributed by atoms with van der Waals surface area (Å²) in [5.74, 6) is 0.329. The van der Waals surface area contributed by atoms with Crippen LogP contribution in [0, 0.1) is 0 Å². The molecule has 0 amide bonds. The van der Waals surface area contributed by atoms with Crippen molar-refractivity contribution < 1.29 is 20.1 Å². The highest BCUT2D eigenvalue weighted by molar-refractivity contribution is 5.86. The minimum absolute atomic E-state index is 0.329. The molecule has 3 rings (SSSR count). The number of rotatable bonds is 2. The van der Waals surface area contributed by atoms with Gasteiger partial charge in [-0.1, -0.05) is 0 Å². The smallest absolute Gasteiger partial charge is 0.181 e. The molecule has 0 aliphatic carbocycles. The third-order valence-electron chi connectivity index (χ3n) is 3.37. The Bertz CT molecular complexity index is 608. The van der Waals surface area contributed by atoms with Crippen LogP contribution in [0.25, 0.3) is 11.0 Å². The van der Waals surface area contributed by atoms with Crippen molar-refractivity contribution in [3.05, 3.63) is 6.20 Å². The maximum atomic E-state index is 9.98. The number of anilines is 1. The van der Waals surface area contributed by atoms with Crippen LogP contribution in [0.1, 0.15) is 6.23 Å². The van der Waals surface area contributed by atoms with Crippen LogP contribution in [0.15, 0.2) is 6.20 Å². The van der Waals surface area contributed by atoms with Gasteiger partial charge in [0.05, 0.1) is 18.2 Å². The van der Waals surface area contributed by atoms with Crippen LogP contribution in [0.2, 0.25) is 0 Å². The van der Waals surface area contributed by atoms with Gasteiger partial charge in [-0.25, -0.2) is 9.36 Å². The number of nitrogens with two attached hydrogens (primary N) is 1. The average molecular weight is 269 g/mol. The first-order valence-corrected chi connectivity index (χ1v) is 5.82. The molecule has 104 valence electrons. The molecule has 9 nitrogen and oxygen atoms in total. The highest BCUT2D eigenvalue weighted by atomic mass is 16.6. The van der Waals surface area contributed by atoms with Gasteiger partial charge in [0.2, 0.25) is 0 Å². The van der Waals surface area contributed by atoms with Crippen molar-refractivity contribution in [2.24, 2.45) is 7.05 Å². The van der Waals surface area contributed by atoms with Gasteiger partial charge in [-0.3, -0.25) is 0 Å². The van der Waals surface area contributed by atoms with Gasteiger partial charge >= 0.3 is 0 Å². The van der Waals surface area contributed by atoms with Crippen molar-refractivity contribution in [3.63, 3.8) is 0 Å². The molecule has 1 aliphatic rings. The maximum absolute atomic E-state index is 9.98. The van der Waals surface area contributed by atoms with Gasteiger partial charge in [-0.2, -0.15) is 10.2 Å². The van der Waals surface area contributed by atoms with Crippen molar-refractivity contribution in [2.45, 2.75) is 24.5 Å². The fourth-order valence-electron chi connectivity index (χ4n) is 2.39. The molecule has 0 unspecified atom stereocenters. The number of fused-ring (bicyclic) bond motifs is 1. The van der Waals surface area contributed by atoms with E-state index in [2.05, 4.69) is 10.2 Å². The number of hydrogen-bond donors (Lipinski definition) is 4. The highest BCUT2D eigenvalue weighted by Gasteiger charge is 2.44. The molecule has 19 heavy (non-hydrogen) atoms. The van der Waals surface area contributed by atoms with Crippen LogP contribution in [0.4, 0.5) is 5.82 Å². The van der Waals surface area contributed by atoms with E-state index < -0.39 is 24.5 Å². The second-order valence-corrected chi connectivity index (χ2v) is 4.56. The second kappa shape index (κ2) is 4.17. The third-order valence-corrected chi connectivity index (χ3v) is 3.37. The lowest BCUT2D eigenvalue weighted by molar-refractivity contribution is -0.0568. The largest absolute Gasteiger partial charge is 0.394 e. The highest BCUT2D eigenvalue weighted by Crippen LogP contribution is 2.32. The zero-order valence-corrected chi connectivity index (χ0v) is 10.2. The number of aryl methyl sites for hydroxylation is 1. The Hall–Kier alpha value is -1.68. The van der Waals surface area contributed by atoms with Crippen molar-refractivity contribution in [2.75, 3.05) is 12.3 Å². The van der Waals surface area contributed by atoms with Crippen LogP contribution in [0.5, 0.6) is 0 Å². The molecule has 1 saturated heterocycles. The van der Waals surface area contributed by atoms with Gasteiger partial charge in [0, 0.05) is 7.05 Å². The molecule has 0 saturated carbocycles. The topological polar surface area (TPSA) is 132 Å². The first-order valence-electron chi connectivity index (χ1n) is 5.82. The summed E-state index contributed by atoms with van der Waals surface area (Å²) in [6.07, 6.45) is -2.56. The van der Waals surface area contributed by atoms with Gasteiger partial charge in [0.25, 0.3) is 0 Å². The molecule has 3 heterocycles. The van der Waals surface area contributed by atoms with E-state index in [1.54, 1.807) is 7.05 Å². The molecule has 4 atom stereocenters. The molecule has 2 aromatic heterocycles. The molecule has 9 heteroatoms. The first kappa shape index (κ1) is 12.4. The molecule has 2 aromatic rings. The lowest BCUT2D eigenvalue weighted by Crippen LogP contribution is -2.33. The van der Waals surface area contributed by atoms with Gasteiger partial charge in [-0.05, 0) is 0 Å². The lowest BCUT2D eigenvalue weighted by Gasteiger charge is -2.15.